The van der Waals surface area contributed by atoms with Crippen molar-refractivity contribution in [1.29, 1.82) is 5.26 Å². The molecule has 1 N–H and O–H groups in total. The summed E-state index contributed by atoms with van der Waals surface area (Å²) in [5.41, 5.74) is 3.36. The number of nitrogens with zero attached hydrogens (tertiary/aromatic N) is 4. The maximum Gasteiger partial charge on any atom is 0.238 e. The molecular weight excluding hydrogens is 406 g/mol. The number of carbonyl (C=O) groups is 1. The molecule has 1 saturated heterocycles. The number of hydrogen-bond acceptors (Lipinski definition) is 7. The Labute approximate surface area is 185 Å². The van der Waals surface area contributed by atoms with Crippen LogP contribution in [0, 0.1) is 11.3 Å². The Morgan fingerprint density at radius 2 is 2.06 bits per heavy atom. The monoisotopic (exact) mass is 429 g/mol. The minimum Gasteiger partial charge on any atom is -0.493 e. The Morgan fingerprint density at radius 3 is 2.91 bits per heavy atom. The second kappa shape index (κ2) is 8.91. The van der Waals surface area contributed by atoms with Crippen LogP contribution < -0.4 is 10.1 Å². The van der Waals surface area contributed by atoms with Crippen LogP contribution in [0.25, 0.3) is 10.9 Å². The number of anilines is 1. The van der Waals surface area contributed by atoms with Gasteiger partial charge in [-0.1, -0.05) is 6.07 Å². The van der Waals surface area contributed by atoms with E-state index in [1.54, 1.807) is 12.1 Å². The first-order valence-electron chi connectivity index (χ1n) is 10.8. The lowest BCUT2D eigenvalue weighted by molar-refractivity contribution is -0.116. The first-order chi connectivity index (χ1) is 15.7. The number of rotatable bonds is 6. The fourth-order valence-electron chi connectivity index (χ4n) is 4.28. The first-order valence-corrected chi connectivity index (χ1v) is 10.8. The van der Waals surface area contributed by atoms with Crippen molar-refractivity contribution in [2.24, 2.45) is 0 Å². The lowest BCUT2D eigenvalue weighted by atomic mass is 9.93. The van der Waals surface area contributed by atoms with Crippen LogP contribution in [-0.2, 0) is 9.53 Å². The van der Waals surface area contributed by atoms with Crippen LogP contribution in [0.5, 0.6) is 5.75 Å². The summed E-state index contributed by atoms with van der Waals surface area (Å²) in [6, 6.07) is 13.0. The molecule has 0 aliphatic carbocycles. The zero-order chi connectivity index (χ0) is 21.9. The molecule has 2 aliphatic heterocycles. The summed E-state index contributed by atoms with van der Waals surface area (Å²) < 4.78 is 11.3. The highest BCUT2D eigenvalue weighted by atomic mass is 16.5. The number of benzene rings is 2. The molecule has 32 heavy (non-hydrogen) atoms. The molecule has 1 fully saturated rings. The summed E-state index contributed by atoms with van der Waals surface area (Å²) in [5, 5.41) is 12.8. The van der Waals surface area contributed by atoms with Crippen LogP contribution in [-0.4, -0.2) is 60.2 Å². The molecule has 0 saturated carbocycles. The van der Waals surface area contributed by atoms with E-state index in [2.05, 4.69) is 26.3 Å². The third kappa shape index (κ3) is 4.00. The van der Waals surface area contributed by atoms with Crippen LogP contribution in [0.1, 0.15) is 29.2 Å². The average Bonchev–Trinajstić information content (AvgIpc) is 3.16. The number of nitriles is 1. The van der Waals surface area contributed by atoms with Gasteiger partial charge in [-0.3, -0.25) is 9.69 Å². The van der Waals surface area contributed by atoms with Crippen molar-refractivity contribution >= 4 is 22.5 Å². The Balaban J connectivity index is 1.33. The van der Waals surface area contributed by atoms with Gasteiger partial charge in [-0.25, -0.2) is 9.97 Å². The number of fused-ring (bicyclic) bond motifs is 2. The predicted octanol–water partition coefficient (Wildman–Crippen LogP) is 2.69. The quantitative estimate of drug-likeness (QED) is 0.601. The van der Waals surface area contributed by atoms with Gasteiger partial charge in [-0.15, -0.1) is 0 Å². The summed E-state index contributed by atoms with van der Waals surface area (Å²) >= 11 is 0. The number of hydrogen-bond donors (Lipinski definition) is 1. The molecule has 162 valence electrons. The maximum atomic E-state index is 12.8. The molecule has 1 amide bonds. The van der Waals surface area contributed by atoms with Gasteiger partial charge in [-0.05, 0) is 36.2 Å². The average molecular weight is 429 g/mol. The normalized spacial score (nSPS) is 18.2. The minimum atomic E-state index is -0.538. The van der Waals surface area contributed by atoms with E-state index in [1.165, 1.54) is 6.33 Å². The molecule has 3 heterocycles. The molecule has 1 unspecified atom stereocenters. The van der Waals surface area contributed by atoms with Gasteiger partial charge in [0.15, 0.2) is 0 Å². The van der Waals surface area contributed by atoms with E-state index in [-0.39, 0.29) is 5.91 Å². The zero-order valence-electron chi connectivity index (χ0n) is 17.6. The van der Waals surface area contributed by atoms with Crippen LogP contribution in [0.4, 0.5) is 5.69 Å². The first kappa shape index (κ1) is 20.4. The van der Waals surface area contributed by atoms with Crippen molar-refractivity contribution in [3.05, 3.63) is 59.5 Å². The van der Waals surface area contributed by atoms with Crippen molar-refractivity contribution < 1.29 is 14.3 Å². The third-order valence-electron chi connectivity index (χ3n) is 5.92. The highest BCUT2D eigenvalue weighted by Gasteiger charge is 2.34. The topological polar surface area (TPSA) is 100 Å². The van der Waals surface area contributed by atoms with Crippen LogP contribution >= 0.6 is 0 Å². The summed E-state index contributed by atoms with van der Waals surface area (Å²) in [6.45, 7) is 5.18. The van der Waals surface area contributed by atoms with Gasteiger partial charge in [0, 0.05) is 36.8 Å². The van der Waals surface area contributed by atoms with Crippen molar-refractivity contribution in [2.45, 2.75) is 12.3 Å². The van der Waals surface area contributed by atoms with E-state index < -0.39 is 5.92 Å². The van der Waals surface area contributed by atoms with E-state index in [0.29, 0.717) is 23.6 Å². The Morgan fingerprint density at radius 1 is 1.19 bits per heavy atom. The third-order valence-corrected chi connectivity index (χ3v) is 5.92. The van der Waals surface area contributed by atoms with E-state index in [1.807, 2.05) is 24.3 Å². The van der Waals surface area contributed by atoms with Crippen LogP contribution in [0.3, 0.4) is 0 Å². The highest BCUT2D eigenvalue weighted by Crippen LogP contribution is 2.39. The van der Waals surface area contributed by atoms with Crippen molar-refractivity contribution in [3.63, 3.8) is 0 Å². The molecule has 2 aromatic carbocycles. The molecule has 3 aromatic rings. The standard InChI is InChI=1S/C24H23N5O3/c25-14-16-2-4-18-21(12-16)28-24(30)22(18)23-19-5-3-17(13-20(19)26-15-27-23)32-9-1-6-29-7-10-31-11-8-29/h2-5,12-13,15,22H,1,6-11H2,(H,28,30). The lowest BCUT2D eigenvalue weighted by Crippen LogP contribution is -2.37. The van der Waals surface area contributed by atoms with Gasteiger partial charge < -0.3 is 14.8 Å². The zero-order valence-corrected chi connectivity index (χ0v) is 17.6. The molecule has 8 nitrogen and oxygen atoms in total. The summed E-state index contributed by atoms with van der Waals surface area (Å²) in [4.78, 5) is 24.0. The maximum absolute atomic E-state index is 12.8. The summed E-state index contributed by atoms with van der Waals surface area (Å²) in [7, 11) is 0. The van der Waals surface area contributed by atoms with Crippen molar-refractivity contribution in [2.75, 3.05) is 44.8 Å². The predicted molar refractivity (Wildman–Crippen MR) is 119 cm³/mol. The number of carbonyl (C=O) groups excluding carboxylic acids is 1. The fourth-order valence-corrected chi connectivity index (χ4v) is 4.28. The number of amides is 1. The molecule has 1 atom stereocenters. The summed E-state index contributed by atoms with van der Waals surface area (Å²) in [5.74, 6) is 0.0566. The second-order valence-corrected chi connectivity index (χ2v) is 7.93. The fraction of sp³-hybridized carbons (Fsp3) is 0.333. The van der Waals surface area contributed by atoms with E-state index in [0.717, 1.165) is 61.5 Å². The molecule has 0 radical (unpaired) electrons. The van der Waals surface area contributed by atoms with Gasteiger partial charge in [0.2, 0.25) is 5.91 Å². The van der Waals surface area contributed by atoms with Gasteiger partial charge in [0.25, 0.3) is 0 Å². The molecule has 8 heteroatoms. The largest absolute Gasteiger partial charge is 0.493 e. The van der Waals surface area contributed by atoms with E-state index in [9.17, 15) is 4.79 Å². The van der Waals surface area contributed by atoms with Gasteiger partial charge in [0.05, 0.1) is 42.7 Å². The molecule has 0 spiro atoms. The SMILES string of the molecule is N#Cc1ccc2c(c1)NC(=O)C2c1ncnc2cc(OCCCN3CCOCC3)ccc12. The van der Waals surface area contributed by atoms with E-state index in [4.69, 9.17) is 14.7 Å². The molecular formula is C24H23N5O3. The summed E-state index contributed by atoms with van der Waals surface area (Å²) in [6.07, 6.45) is 2.42. The molecule has 2 aliphatic rings. The van der Waals surface area contributed by atoms with Gasteiger partial charge in [-0.2, -0.15) is 5.26 Å². The van der Waals surface area contributed by atoms with Crippen LogP contribution in [0.2, 0.25) is 0 Å². The van der Waals surface area contributed by atoms with Gasteiger partial charge in [0.1, 0.15) is 18.0 Å². The molecule has 0 bridgehead atoms. The smallest absolute Gasteiger partial charge is 0.238 e. The Kier molecular flexibility index (Phi) is 5.67. The minimum absolute atomic E-state index is 0.154. The molecule has 5 rings (SSSR count). The Bertz CT molecular complexity index is 1200. The molecule has 1 aromatic heterocycles. The van der Waals surface area contributed by atoms with Gasteiger partial charge >= 0.3 is 0 Å². The van der Waals surface area contributed by atoms with E-state index >= 15 is 0 Å². The van der Waals surface area contributed by atoms with Crippen LogP contribution in [0.15, 0.2) is 42.7 Å². The number of aromatic nitrogens is 2. The Hall–Kier alpha value is -3.54. The second-order valence-electron chi connectivity index (χ2n) is 7.93. The lowest BCUT2D eigenvalue weighted by Gasteiger charge is -2.26. The van der Waals surface area contributed by atoms with Crippen molar-refractivity contribution in [3.8, 4) is 11.8 Å². The highest BCUT2D eigenvalue weighted by molar-refractivity contribution is 6.06. The number of morpholine rings is 1. The number of ether oxygens (including phenoxy) is 2. The number of nitrogens with one attached hydrogen (secondary N) is 1. The van der Waals surface area contributed by atoms with Crippen molar-refractivity contribution in [1.82, 2.24) is 14.9 Å².